The minimum Gasteiger partial charge on any atom is -0.465 e. The predicted molar refractivity (Wildman–Crippen MR) is 91.5 cm³/mol. The van der Waals surface area contributed by atoms with Crippen LogP contribution in [0.5, 0.6) is 0 Å². The van der Waals surface area contributed by atoms with Gasteiger partial charge in [-0.2, -0.15) is 0 Å². The minimum atomic E-state index is -0.948. The molecule has 1 amide bonds. The molecule has 1 aromatic heterocycles. The summed E-state index contributed by atoms with van der Waals surface area (Å²) >= 11 is 0. The molecule has 128 valence electrons. The average molecular weight is 319 g/mol. The van der Waals surface area contributed by atoms with Gasteiger partial charge in [-0.1, -0.05) is 26.8 Å². The largest absolute Gasteiger partial charge is 0.465 e. The third kappa shape index (κ3) is 5.20. The Morgan fingerprint density at radius 1 is 1.48 bits per heavy atom. The average Bonchev–Trinajstić information content (AvgIpc) is 2.49. The number of pyridine rings is 1. The highest BCUT2D eigenvalue weighted by molar-refractivity contribution is 5.64. The highest BCUT2D eigenvalue weighted by Crippen LogP contribution is 2.31. The van der Waals surface area contributed by atoms with Crippen molar-refractivity contribution in [1.29, 1.82) is 0 Å². The number of nitrogens with one attached hydrogen (secondary N) is 2. The Hall–Kier alpha value is -1.62. The zero-order valence-electron chi connectivity index (χ0n) is 14.4. The number of nitrogens with zero attached hydrogens (tertiary/aromatic N) is 1. The standard InChI is InChI=1S/C18H29N3O2/c1-18(2,3)14(9-11-20-17(22)23)12-21-15-8-4-6-13-7-5-10-19-16(13)15/h5,7,10,14-15,20-21H,4,6,8-9,11-12H2,1-3H3,(H,22,23). The van der Waals surface area contributed by atoms with Crippen molar-refractivity contribution in [3.8, 4) is 0 Å². The molecule has 5 nitrogen and oxygen atoms in total. The van der Waals surface area contributed by atoms with Gasteiger partial charge in [-0.05, 0) is 55.2 Å². The first-order chi connectivity index (χ1) is 10.9. The van der Waals surface area contributed by atoms with Gasteiger partial charge in [0.25, 0.3) is 0 Å². The van der Waals surface area contributed by atoms with Gasteiger partial charge >= 0.3 is 6.09 Å². The second-order valence-corrected chi connectivity index (χ2v) is 7.48. The van der Waals surface area contributed by atoms with Crippen molar-refractivity contribution in [2.24, 2.45) is 11.3 Å². The van der Waals surface area contributed by atoms with Gasteiger partial charge in [0.05, 0.1) is 5.69 Å². The molecular formula is C18H29N3O2. The molecule has 0 aliphatic heterocycles. The van der Waals surface area contributed by atoms with Crippen LogP contribution in [0.25, 0.3) is 0 Å². The summed E-state index contributed by atoms with van der Waals surface area (Å²) in [5.41, 5.74) is 2.68. The van der Waals surface area contributed by atoms with Gasteiger partial charge in [0.1, 0.15) is 0 Å². The lowest BCUT2D eigenvalue weighted by atomic mass is 9.78. The number of fused-ring (bicyclic) bond motifs is 1. The summed E-state index contributed by atoms with van der Waals surface area (Å²) in [7, 11) is 0. The lowest BCUT2D eigenvalue weighted by molar-refractivity contribution is 0.184. The van der Waals surface area contributed by atoms with Crippen LogP contribution in [0.2, 0.25) is 0 Å². The Kier molecular flexibility index (Phi) is 5.99. The number of carbonyl (C=O) groups is 1. The van der Waals surface area contributed by atoms with E-state index in [1.807, 2.05) is 12.3 Å². The summed E-state index contributed by atoms with van der Waals surface area (Å²) in [5, 5.41) is 14.9. The summed E-state index contributed by atoms with van der Waals surface area (Å²) in [5.74, 6) is 0.406. The monoisotopic (exact) mass is 319 g/mol. The second-order valence-electron chi connectivity index (χ2n) is 7.48. The lowest BCUT2D eigenvalue weighted by Gasteiger charge is -2.34. The van der Waals surface area contributed by atoms with Crippen molar-refractivity contribution in [2.45, 2.75) is 52.5 Å². The van der Waals surface area contributed by atoms with E-state index in [1.165, 1.54) is 17.7 Å². The SMILES string of the molecule is CC(C)(C)C(CCNC(=O)O)CNC1CCCc2cccnc21. The van der Waals surface area contributed by atoms with E-state index < -0.39 is 6.09 Å². The molecule has 0 spiro atoms. The Morgan fingerprint density at radius 2 is 2.26 bits per heavy atom. The van der Waals surface area contributed by atoms with Crippen molar-refractivity contribution in [3.63, 3.8) is 0 Å². The van der Waals surface area contributed by atoms with Crippen LogP contribution < -0.4 is 10.6 Å². The van der Waals surface area contributed by atoms with Crippen LogP contribution in [-0.2, 0) is 6.42 Å². The Labute approximate surface area is 138 Å². The summed E-state index contributed by atoms with van der Waals surface area (Å²) in [4.78, 5) is 15.2. The van der Waals surface area contributed by atoms with Crippen LogP contribution in [0.1, 0.15) is 57.3 Å². The van der Waals surface area contributed by atoms with Gasteiger partial charge in [-0.3, -0.25) is 4.98 Å². The van der Waals surface area contributed by atoms with Crippen molar-refractivity contribution in [3.05, 3.63) is 29.6 Å². The van der Waals surface area contributed by atoms with Gasteiger partial charge in [-0.25, -0.2) is 4.79 Å². The number of hydrogen-bond acceptors (Lipinski definition) is 3. The van der Waals surface area contributed by atoms with E-state index in [-0.39, 0.29) is 5.41 Å². The Balaban J connectivity index is 1.95. The number of carboxylic acid groups (broad SMARTS) is 1. The normalized spacial score (nSPS) is 19.0. The first-order valence-corrected chi connectivity index (χ1v) is 8.52. The fourth-order valence-electron chi connectivity index (χ4n) is 3.29. The van der Waals surface area contributed by atoms with Crippen molar-refractivity contribution < 1.29 is 9.90 Å². The zero-order valence-corrected chi connectivity index (χ0v) is 14.4. The van der Waals surface area contributed by atoms with E-state index in [4.69, 9.17) is 5.11 Å². The third-order valence-electron chi connectivity index (χ3n) is 4.80. The summed E-state index contributed by atoms with van der Waals surface area (Å²) in [6.45, 7) is 8.03. The highest BCUT2D eigenvalue weighted by Gasteiger charge is 2.27. The maximum atomic E-state index is 10.6. The second kappa shape index (κ2) is 7.77. The first kappa shape index (κ1) is 17.7. The molecule has 5 heteroatoms. The Bertz CT molecular complexity index is 525. The lowest BCUT2D eigenvalue weighted by Crippen LogP contribution is -2.37. The first-order valence-electron chi connectivity index (χ1n) is 8.52. The van der Waals surface area contributed by atoms with Gasteiger partial charge < -0.3 is 15.7 Å². The van der Waals surface area contributed by atoms with Crippen molar-refractivity contribution >= 4 is 6.09 Å². The molecule has 1 heterocycles. The van der Waals surface area contributed by atoms with Crippen LogP contribution in [0.4, 0.5) is 4.79 Å². The molecule has 0 radical (unpaired) electrons. The number of hydrogen-bond donors (Lipinski definition) is 3. The quantitative estimate of drug-likeness (QED) is 0.751. The summed E-state index contributed by atoms with van der Waals surface area (Å²) in [6, 6.07) is 4.50. The number of rotatable bonds is 6. The van der Waals surface area contributed by atoms with E-state index in [0.717, 1.165) is 25.8 Å². The number of aryl methyl sites for hydroxylation is 1. The highest BCUT2D eigenvalue weighted by atomic mass is 16.4. The maximum Gasteiger partial charge on any atom is 0.404 e. The molecule has 23 heavy (non-hydrogen) atoms. The molecule has 0 saturated heterocycles. The van der Waals surface area contributed by atoms with E-state index in [2.05, 4.69) is 42.5 Å². The van der Waals surface area contributed by atoms with Crippen LogP contribution in [-0.4, -0.2) is 29.3 Å². The summed E-state index contributed by atoms with van der Waals surface area (Å²) in [6.07, 6.45) is 5.19. The van der Waals surface area contributed by atoms with Crippen LogP contribution in [0, 0.1) is 11.3 Å². The van der Waals surface area contributed by atoms with Gasteiger partial charge in [-0.15, -0.1) is 0 Å². The van der Waals surface area contributed by atoms with Gasteiger partial charge in [0, 0.05) is 18.8 Å². The molecule has 0 aromatic carbocycles. The van der Waals surface area contributed by atoms with E-state index in [1.54, 1.807) is 0 Å². The zero-order chi connectivity index (χ0) is 16.9. The van der Waals surface area contributed by atoms with Crippen molar-refractivity contribution in [2.75, 3.05) is 13.1 Å². The topological polar surface area (TPSA) is 74.2 Å². The smallest absolute Gasteiger partial charge is 0.404 e. The third-order valence-corrected chi connectivity index (χ3v) is 4.80. The van der Waals surface area contributed by atoms with E-state index >= 15 is 0 Å². The van der Waals surface area contributed by atoms with Crippen LogP contribution >= 0.6 is 0 Å². The van der Waals surface area contributed by atoms with E-state index in [0.29, 0.717) is 18.5 Å². The molecule has 0 bridgehead atoms. The molecular weight excluding hydrogens is 290 g/mol. The Morgan fingerprint density at radius 3 is 2.96 bits per heavy atom. The molecule has 1 aromatic rings. The molecule has 2 atom stereocenters. The van der Waals surface area contributed by atoms with Gasteiger partial charge in [0.15, 0.2) is 0 Å². The maximum absolute atomic E-state index is 10.6. The molecule has 2 unspecified atom stereocenters. The fourth-order valence-corrected chi connectivity index (χ4v) is 3.29. The molecule has 1 aliphatic carbocycles. The summed E-state index contributed by atoms with van der Waals surface area (Å²) < 4.78 is 0. The fraction of sp³-hybridized carbons (Fsp3) is 0.667. The van der Waals surface area contributed by atoms with Crippen molar-refractivity contribution in [1.82, 2.24) is 15.6 Å². The molecule has 2 rings (SSSR count). The van der Waals surface area contributed by atoms with Crippen LogP contribution in [0.3, 0.4) is 0 Å². The molecule has 1 aliphatic rings. The molecule has 0 saturated carbocycles. The molecule has 3 N–H and O–H groups in total. The number of amides is 1. The minimum absolute atomic E-state index is 0.134. The predicted octanol–water partition coefficient (Wildman–Crippen LogP) is 3.37. The number of aromatic nitrogens is 1. The molecule has 0 fully saturated rings. The van der Waals surface area contributed by atoms with E-state index in [9.17, 15) is 4.79 Å². The van der Waals surface area contributed by atoms with Crippen LogP contribution in [0.15, 0.2) is 18.3 Å². The van der Waals surface area contributed by atoms with Gasteiger partial charge in [0.2, 0.25) is 0 Å².